The molecule has 9 nitrogen and oxygen atoms in total. The maximum Gasteiger partial charge on any atom is 0.277 e. The summed E-state index contributed by atoms with van der Waals surface area (Å²) in [6, 6.07) is 6.14. The van der Waals surface area contributed by atoms with Crippen molar-refractivity contribution in [2.24, 2.45) is 0 Å². The molecule has 4 rings (SSSR count). The first-order valence-corrected chi connectivity index (χ1v) is 10.5. The van der Waals surface area contributed by atoms with Gasteiger partial charge in [-0.05, 0) is 62.4 Å². The van der Waals surface area contributed by atoms with Gasteiger partial charge in [0.25, 0.3) is 5.89 Å². The standard InChI is InChI=1S/C22H27N5O4/c1-4-14-9-15(7-12(2)19(14)30-11-17(29)10-28)20-26-21(31-27-20)18-8-13(3)23-22(25-18)24-16-5-6-16/h7-9,16-17,28-29H,4-6,10-11H2,1-3H3,(H,23,24,25)/t17-/m0/s1. The van der Waals surface area contributed by atoms with E-state index in [-0.39, 0.29) is 13.2 Å². The predicted octanol–water partition coefficient (Wildman–Crippen LogP) is 2.68. The van der Waals surface area contributed by atoms with Gasteiger partial charge in [-0.3, -0.25) is 0 Å². The van der Waals surface area contributed by atoms with Crippen LogP contribution in [0.1, 0.15) is 36.6 Å². The minimum atomic E-state index is -0.917. The monoisotopic (exact) mass is 425 g/mol. The fraction of sp³-hybridized carbons (Fsp3) is 0.455. The van der Waals surface area contributed by atoms with E-state index in [1.165, 1.54) is 0 Å². The van der Waals surface area contributed by atoms with Crippen molar-refractivity contribution in [2.75, 3.05) is 18.5 Å². The molecule has 3 N–H and O–H groups in total. The zero-order valence-corrected chi connectivity index (χ0v) is 17.9. The lowest BCUT2D eigenvalue weighted by Crippen LogP contribution is -2.22. The molecule has 3 aromatic rings. The summed E-state index contributed by atoms with van der Waals surface area (Å²) < 4.78 is 11.2. The average molecular weight is 425 g/mol. The summed E-state index contributed by atoms with van der Waals surface area (Å²) in [5, 5.41) is 26.0. The lowest BCUT2D eigenvalue weighted by atomic mass is 10.0. The van der Waals surface area contributed by atoms with Gasteiger partial charge < -0.3 is 24.8 Å². The molecule has 0 aliphatic heterocycles. The largest absolute Gasteiger partial charge is 0.490 e. The fourth-order valence-electron chi connectivity index (χ4n) is 3.28. The van der Waals surface area contributed by atoms with Crippen LogP contribution in [0.25, 0.3) is 23.0 Å². The number of anilines is 1. The van der Waals surface area contributed by atoms with E-state index in [0.717, 1.165) is 41.6 Å². The van der Waals surface area contributed by atoms with Crippen LogP contribution in [-0.4, -0.2) is 55.7 Å². The minimum absolute atomic E-state index is 0.0281. The summed E-state index contributed by atoms with van der Waals surface area (Å²) in [5.74, 6) is 2.07. The highest BCUT2D eigenvalue weighted by Crippen LogP contribution is 2.31. The molecule has 1 fully saturated rings. The number of ether oxygens (including phenoxy) is 1. The molecule has 0 unspecified atom stereocenters. The molecular weight excluding hydrogens is 398 g/mol. The SMILES string of the molecule is CCc1cc(-c2noc(-c3cc(C)nc(NC4CC4)n3)n2)cc(C)c1OC[C@@H](O)CO. The van der Waals surface area contributed by atoms with Crippen molar-refractivity contribution in [3.05, 3.63) is 35.0 Å². The number of aliphatic hydroxyl groups is 2. The summed E-state index contributed by atoms with van der Waals surface area (Å²) in [6.45, 7) is 5.54. The van der Waals surface area contributed by atoms with Gasteiger partial charge in [0.05, 0.1) is 6.61 Å². The van der Waals surface area contributed by atoms with E-state index >= 15 is 0 Å². The highest BCUT2D eigenvalue weighted by molar-refractivity contribution is 5.63. The number of hydrogen-bond donors (Lipinski definition) is 3. The number of benzene rings is 1. The van der Waals surface area contributed by atoms with Gasteiger partial charge >= 0.3 is 0 Å². The number of nitrogens with one attached hydrogen (secondary N) is 1. The van der Waals surface area contributed by atoms with E-state index in [0.29, 0.717) is 35.1 Å². The molecule has 1 atom stereocenters. The van der Waals surface area contributed by atoms with Gasteiger partial charge in [0.1, 0.15) is 24.2 Å². The van der Waals surface area contributed by atoms with Gasteiger partial charge in [-0.2, -0.15) is 4.98 Å². The fourth-order valence-corrected chi connectivity index (χ4v) is 3.28. The van der Waals surface area contributed by atoms with Crippen LogP contribution in [0.15, 0.2) is 22.7 Å². The second-order valence-electron chi connectivity index (χ2n) is 7.84. The predicted molar refractivity (Wildman–Crippen MR) is 115 cm³/mol. The van der Waals surface area contributed by atoms with E-state index in [2.05, 4.69) is 25.4 Å². The van der Waals surface area contributed by atoms with Crippen LogP contribution in [0, 0.1) is 13.8 Å². The van der Waals surface area contributed by atoms with Crippen molar-refractivity contribution < 1.29 is 19.5 Å². The Morgan fingerprint density at radius 1 is 1.19 bits per heavy atom. The first-order valence-electron chi connectivity index (χ1n) is 10.5. The topological polar surface area (TPSA) is 126 Å². The number of aromatic nitrogens is 4. The van der Waals surface area contributed by atoms with Crippen LogP contribution < -0.4 is 10.1 Å². The number of rotatable bonds is 9. The van der Waals surface area contributed by atoms with Gasteiger partial charge in [0.15, 0.2) is 0 Å². The number of nitrogens with zero attached hydrogens (tertiary/aromatic N) is 4. The Labute approximate surface area is 180 Å². The maximum atomic E-state index is 9.59. The van der Waals surface area contributed by atoms with Crippen molar-refractivity contribution in [1.82, 2.24) is 20.1 Å². The molecule has 9 heteroatoms. The molecular formula is C22H27N5O4. The van der Waals surface area contributed by atoms with Crippen molar-refractivity contribution in [3.63, 3.8) is 0 Å². The lowest BCUT2D eigenvalue weighted by Gasteiger charge is -2.16. The van der Waals surface area contributed by atoms with Crippen molar-refractivity contribution >= 4 is 5.95 Å². The van der Waals surface area contributed by atoms with Crippen molar-refractivity contribution in [3.8, 4) is 28.7 Å². The molecule has 1 saturated carbocycles. The maximum absolute atomic E-state index is 9.59. The van der Waals surface area contributed by atoms with Crippen LogP contribution in [0.2, 0.25) is 0 Å². The average Bonchev–Trinajstić information content (AvgIpc) is 3.42. The Kier molecular flexibility index (Phi) is 6.15. The van der Waals surface area contributed by atoms with E-state index in [4.69, 9.17) is 14.4 Å². The molecule has 0 saturated heterocycles. The molecule has 1 aliphatic rings. The zero-order chi connectivity index (χ0) is 22.0. The van der Waals surface area contributed by atoms with Crippen molar-refractivity contribution in [2.45, 2.75) is 52.2 Å². The third-order valence-corrected chi connectivity index (χ3v) is 5.03. The first kappa shape index (κ1) is 21.2. The Morgan fingerprint density at radius 2 is 2.00 bits per heavy atom. The molecule has 2 aromatic heterocycles. The number of hydrogen-bond acceptors (Lipinski definition) is 9. The molecule has 2 heterocycles. The number of aryl methyl sites for hydroxylation is 3. The second-order valence-corrected chi connectivity index (χ2v) is 7.84. The summed E-state index contributed by atoms with van der Waals surface area (Å²) in [6.07, 6.45) is 2.08. The van der Waals surface area contributed by atoms with Crippen LogP contribution >= 0.6 is 0 Å². The smallest absolute Gasteiger partial charge is 0.277 e. The van der Waals surface area contributed by atoms with Crippen molar-refractivity contribution in [1.29, 1.82) is 0 Å². The molecule has 31 heavy (non-hydrogen) atoms. The van der Waals surface area contributed by atoms with E-state index in [1.807, 2.05) is 39.0 Å². The molecule has 164 valence electrons. The highest BCUT2D eigenvalue weighted by atomic mass is 16.5. The van der Waals surface area contributed by atoms with Gasteiger partial charge in [-0.25, -0.2) is 9.97 Å². The number of aliphatic hydroxyl groups excluding tert-OH is 2. The van der Waals surface area contributed by atoms with Crippen LogP contribution in [0.3, 0.4) is 0 Å². The van der Waals surface area contributed by atoms with Gasteiger partial charge in [-0.1, -0.05) is 12.1 Å². The normalized spacial score (nSPS) is 14.5. The zero-order valence-electron chi connectivity index (χ0n) is 17.9. The van der Waals surface area contributed by atoms with E-state index < -0.39 is 6.10 Å². The Bertz CT molecular complexity index is 1060. The third kappa shape index (κ3) is 5.00. The summed E-state index contributed by atoms with van der Waals surface area (Å²) >= 11 is 0. The third-order valence-electron chi connectivity index (χ3n) is 5.03. The van der Waals surface area contributed by atoms with Gasteiger partial charge in [-0.15, -0.1) is 0 Å². The van der Waals surface area contributed by atoms with E-state index in [9.17, 15) is 5.11 Å². The molecule has 0 radical (unpaired) electrons. The molecule has 0 spiro atoms. The van der Waals surface area contributed by atoms with E-state index in [1.54, 1.807) is 0 Å². The quantitative estimate of drug-likeness (QED) is 0.474. The van der Waals surface area contributed by atoms with Crippen LogP contribution in [-0.2, 0) is 6.42 Å². The molecule has 0 amide bonds. The van der Waals surface area contributed by atoms with Crippen LogP contribution in [0.4, 0.5) is 5.95 Å². The highest BCUT2D eigenvalue weighted by Gasteiger charge is 2.23. The Balaban J connectivity index is 1.60. The lowest BCUT2D eigenvalue weighted by molar-refractivity contribution is 0.0531. The molecule has 0 bridgehead atoms. The summed E-state index contributed by atoms with van der Waals surface area (Å²) in [7, 11) is 0. The molecule has 1 aromatic carbocycles. The molecule has 1 aliphatic carbocycles. The minimum Gasteiger partial charge on any atom is -0.490 e. The van der Waals surface area contributed by atoms with Crippen LogP contribution in [0.5, 0.6) is 5.75 Å². The second kappa shape index (κ2) is 8.99. The summed E-state index contributed by atoms with van der Waals surface area (Å²) in [5.41, 5.74) is 4.06. The summed E-state index contributed by atoms with van der Waals surface area (Å²) in [4.78, 5) is 13.5. The Morgan fingerprint density at radius 3 is 2.71 bits per heavy atom. The van der Waals surface area contributed by atoms with Gasteiger partial charge in [0, 0.05) is 17.3 Å². The first-order chi connectivity index (χ1) is 15.0. The Hall–Kier alpha value is -3.04. The van der Waals surface area contributed by atoms with Gasteiger partial charge in [0.2, 0.25) is 11.8 Å².